The predicted octanol–water partition coefficient (Wildman–Crippen LogP) is 2.86. The van der Waals surface area contributed by atoms with Gasteiger partial charge in [-0.2, -0.15) is 11.8 Å². The summed E-state index contributed by atoms with van der Waals surface area (Å²) in [6.07, 6.45) is 1.03. The van der Waals surface area contributed by atoms with Gasteiger partial charge in [-0.25, -0.2) is 4.98 Å². The molecule has 102 valence electrons. The van der Waals surface area contributed by atoms with Gasteiger partial charge in [0, 0.05) is 36.6 Å². The molecule has 1 unspecified atom stereocenters. The smallest absolute Gasteiger partial charge is 0.111 e. The van der Waals surface area contributed by atoms with Gasteiger partial charge in [0.25, 0.3) is 0 Å². The number of hydrogen-bond acceptors (Lipinski definition) is 3. The molecule has 2 heterocycles. The molecule has 1 aromatic heterocycles. The SMILES string of the molecule is CC(C)n1c(CC2CSCCN2)nc2ccccc21. The number of rotatable bonds is 3. The number of fused-ring (bicyclic) bond motifs is 1. The topological polar surface area (TPSA) is 29.9 Å². The molecule has 1 N–H and O–H groups in total. The Morgan fingerprint density at radius 3 is 3.00 bits per heavy atom. The summed E-state index contributed by atoms with van der Waals surface area (Å²) in [6.45, 7) is 5.60. The first-order chi connectivity index (χ1) is 9.25. The van der Waals surface area contributed by atoms with E-state index in [4.69, 9.17) is 4.98 Å². The highest BCUT2D eigenvalue weighted by atomic mass is 32.2. The molecule has 1 atom stereocenters. The molecule has 19 heavy (non-hydrogen) atoms. The first-order valence-electron chi connectivity index (χ1n) is 7.02. The molecular weight excluding hydrogens is 254 g/mol. The second-order valence-corrected chi connectivity index (χ2v) is 6.56. The maximum atomic E-state index is 4.84. The minimum absolute atomic E-state index is 0.457. The minimum Gasteiger partial charge on any atom is -0.325 e. The van der Waals surface area contributed by atoms with E-state index in [1.165, 1.54) is 22.8 Å². The third kappa shape index (κ3) is 2.65. The summed E-state index contributed by atoms with van der Waals surface area (Å²) < 4.78 is 2.39. The van der Waals surface area contributed by atoms with Gasteiger partial charge in [0.1, 0.15) is 5.82 Å². The molecule has 0 saturated carbocycles. The molecule has 2 aromatic rings. The van der Waals surface area contributed by atoms with Crippen LogP contribution in [-0.4, -0.2) is 33.6 Å². The van der Waals surface area contributed by atoms with Crippen molar-refractivity contribution < 1.29 is 0 Å². The molecule has 4 heteroatoms. The van der Waals surface area contributed by atoms with E-state index in [2.05, 4.69) is 48.0 Å². The molecule has 0 aliphatic carbocycles. The highest BCUT2D eigenvalue weighted by Crippen LogP contribution is 2.22. The monoisotopic (exact) mass is 275 g/mol. The maximum absolute atomic E-state index is 4.84. The number of nitrogens with zero attached hydrogens (tertiary/aromatic N) is 2. The second-order valence-electron chi connectivity index (χ2n) is 5.41. The Bertz CT molecular complexity index is 556. The summed E-state index contributed by atoms with van der Waals surface area (Å²) in [7, 11) is 0. The van der Waals surface area contributed by atoms with Gasteiger partial charge in [-0.1, -0.05) is 12.1 Å². The molecule has 1 fully saturated rings. The van der Waals surface area contributed by atoms with Crippen LogP contribution in [0.3, 0.4) is 0 Å². The van der Waals surface area contributed by atoms with Crippen molar-refractivity contribution in [3.8, 4) is 0 Å². The average molecular weight is 275 g/mol. The van der Waals surface area contributed by atoms with Crippen LogP contribution in [0.5, 0.6) is 0 Å². The van der Waals surface area contributed by atoms with Crippen molar-refractivity contribution in [3.05, 3.63) is 30.1 Å². The van der Waals surface area contributed by atoms with Crippen LogP contribution in [-0.2, 0) is 6.42 Å². The van der Waals surface area contributed by atoms with Crippen LogP contribution in [0, 0.1) is 0 Å². The van der Waals surface area contributed by atoms with Crippen molar-refractivity contribution in [1.82, 2.24) is 14.9 Å². The van der Waals surface area contributed by atoms with Crippen molar-refractivity contribution in [2.24, 2.45) is 0 Å². The molecule has 1 saturated heterocycles. The number of imidazole rings is 1. The van der Waals surface area contributed by atoms with Crippen molar-refractivity contribution >= 4 is 22.8 Å². The summed E-state index contributed by atoms with van der Waals surface area (Å²) >= 11 is 2.04. The van der Waals surface area contributed by atoms with E-state index in [-0.39, 0.29) is 0 Å². The van der Waals surface area contributed by atoms with Crippen LogP contribution in [0.1, 0.15) is 25.7 Å². The van der Waals surface area contributed by atoms with Crippen molar-refractivity contribution in [3.63, 3.8) is 0 Å². The fourth-order valence-corrected chi connectivity index (χ4v) is 3.73. The molecule has 1 aromatic carbocycles. The highest BCUT2D eigenvalue weighted by Gasteiger charge is 2.19. The van der Waals surface area contributed by atoms with E-state index in [1.54, 1.807) is 0 Å². The fraction of sp³-hybridized carbons (Fsp3) is 0.533. The zero-order valence-corrected chi connectivity index (χ0v) is 12.4. The van der Waals surface area contributed by atoms with E-state index in [9.17, 15) is 0 Å². The summed E-state index contributed by atoms with van der Waals surface area (Å²) in [6, 6.07) is 9.47. The third-order valence-electron chi connectivity index (χ3n) is 3.61. The zero-order valence-electron chi connectivity index (χ0n) is 11.6. The van der Waals surface area contributed by atoms with Gasteiger partial charge in [0.2, 0.25) is 0 Å². The lowest BCUT2D eigenvalue weighted by Gasteiger charge is -2.23. The van der Waals surface area contributed by atoms with E-state index >= 15 is 0 Å². The van der Waals surface area contributed by atoms with E-state index in [1.807, 2.05) is 11.8 Å². The van der Waals surface area contributed by atoms with Gasteiger partial charge in [0.05, 0.1) is 11.0 Å². The van der Waals surface area contributed by atoms with Crippen molar-refractivity contribution in [2.45, 2.75) is 32.4 Å². The predicted molar refractivity (Wildman–Crippen MR) is 82.9 cm³/mol. The van der Waals surface area contributed by atoms with E-state index < -0.39 is 0 Å². The molecule has 3 rings (SSSR count). The molecule has 3 nitrogen and oxygen atoms in total. The normalized spacial score (nSPS) is 20.3. The molecule has 0 spiro atoms. The largest absolute Gasteiger partial charge is 0.325 e. The first-order valence-corrected chi connectivity index (χ1v) is 8.18. The highest BCUT2D eigenvalue weighted by molar-refractivity contribution is 7.99. The number of aromatic nitrogens is 2. The molecule has 1 aliphatic rings. The molecule has 1 aliphatic heterocycles. The van der Waals surface area contributed by atoms with Crippen LogP contribution in [0.4, 0.5) is 0 Å². The average Bonchev–Trinajstić information content (AvgIpc) is 2.77. The number of thioether (sulfide) groups is 1. The number of benzene rings is 1. The van der Waals surface area contributed by atoms with Crippen LogP contribution in [0.2, 0.25) is 0 Å². The summed E-state index contributed by atoms with van der Waals surface area (Å²) in [5.41, 5.74) is 2.38. The summed E-state index contributed by atoms with van der Waals surface area (Å²) in [4.78, 5) is 4.84. The lowest BCUT2D eigenvalue weighted by molar-refractivity contribution is 0.514. The van der Waals surface area contributed by atoms with Crippen LogP contribution in [0.15, 0.2) is 24.3 Å². The van der Waals surface area contributed by atoms with Gasteiger partial charge in [0.15, 0.2) is 0 Å². The number of hydrogen-bond donors (Lipinski definition) is 1. The number of para-hydroxylation sites is 2. The molecule has 0 radical (unpaired) electrons. The van der Waals surface area contributed by atoms with Gasteiger partial charge < -0.3 is 9.88 Å². The fourth-order valence-electron chi connectivity index (χ4n) is 2.79. The lowest BCUT2D eigenvalue weighted by atomic mass is 10.2. The maximum Gasteiger partial charge on any atom is 0.111 e. The summed E-state index contributed by atoms with van der Waals surface area (Å²) in [5.74, 6) is 3.65. The van der Waals surface area contributed by atoms with Crippen molar-refractivity contribution in [1.29, 1.82) is 0 Å². The minimum atomic E-state index is 0.457. The van der Waals surface area contributed by atoms with Gasteiger partial charge in [-0.3, -0.25) is 0 Å². The Balaban J connectivity index is 1.95. The molecule has 0 amide bonds. The van der Waals surface area contributed by atoms with E-state index in [0.29, 0.717) is 12.1 Å². The Kier molecular flexibility index (Phi) is 3.80. The standard InChI is InChI=1S/C15H21N3S/c1-11(2)18-14-6-4-3-5-13(14)17-15(18)9-12-10-19-8-7-16-12/h3-6,11-12,16H,7-10H2,1-2H3. The molecular formula is C15H21N3S. The Labute approximate surface area is 118 Å². The van der Waals surface area contributed by atoms with Crippen molar-refractivity contribution in [2.75, 3.05) is 18.1 Å². The summed E-state index contributed by atoms with van der Waals surface area (Å²) in [5, 5.41) is 3.60. The quantitative estimate of drug-likeness (QED) is 0.934. The number of nitrogens with one attached hydrogen (secondary N) is 1. The zero-order chi connectivity index (χ0) is 13.2. The lowest BCUT2D eigenvalue weighted by Crippen LogP contribution is -2.39. The second kappa shape index (κ2) is 5.55. The van der Waals surface area contributed by atoms with Crippen LogP contribution < -0.4 is 5.32 Å². The Morgan fingerprint density at radius 2 is 2.26 bits per heavy atom. The Morgan fingerprint density at radius 1 is 1.42 bits per heavy atom. The Hall–Kier alpha value is -1.00. The molecule has 0 bridgehead atoms. The van der Waals surface area contributed by atoms with Gasteiger partial charge in [-0.15, -0.1) is 0 Å². The van der Waals surface area contributed by atoms with Gasteiger partial charge in [-0.05, 0) is 26.0 Å². The third-order valence-corrected chi connectivity index (χ3v) is 4.74. The van der Waals surface area contributed by atoms with Crippen LogP contribution in [0.25, 0.3) is 11.0 Å². The van der Waals surface area contributed by atoms with E-state index in [0.717, 1.165) is 18.5 Å². The first kappa shape index (κ1) is 13.0. The van der Waals surface area contributed by atoms with Gasteiger partial charge >= 0.3 is 0 Å². The van der Waals surface area contributed by atoms with Crippen LogP contribution >= 0.6 is 11.8 Å².